The molecule has 0 atom stereocenters. The predicted octanol–water partition coefficient (Wildman–Crippen LogP) is 1.87. The van der Waals surface area contributed by atoms with Crippen molar-refractivity contribution in [3.8, 4) is 0 Å². The molecule has 2 rings (SSSR count). The van der Waals surface area contributed by atoms with Crippen molar-refractivity contribution in [2.24, 2.45) is 5.41 Å². The Labute approximate surface area is 107 Å². The highest BCUT2D eigenvalue weighted by atomic mass is 79.9. The third-order valence-corrected chi connectivity index (χ3v) is 3.36. The monoisotopic (exact) mass is 301 g/mol. The van der Waals surface area contributed by atoms with E-state index in [0.717, 1.165) is 0 Å². The van der Waals surface area contributed by atoms with E-state index in [1.54, 1.807) is 19.2 Å². The van der Waals surface area contributed by atoms with Gasteiger partial charge in [0.25, 0.3) is 0 Å². The van der Waals surface area contributed by atoms with Crippen LogP contribution in [-0.4, -0.2) is 28.9 Å². The van der Waals surface area contributed by atoms with Gasteiger partial charge in [-0.1, -0.05) is 0 Å². The fourth-order valence-electron chi connectivity index (χ4n) is 1.75. The molecule has 0 aliphatic heterocycles. The van der Waals surface area contributed by atoms with Crippen LogP contribution in [0.1, 0.15) is 18.6 Å². The van der Waals surface area contributed by atoms with Crippen molar-refractivity contribution in [3.05, 3.63) is 22.6 Å². The zero-order chi connectivity index (χ0) is 12.6. The smallest absolute Gasteiger partial charge is 0.319 e. The molecule has 92 valence electrons. The molecule has 1 amide bonds. The minimum absolute atomic E-state index is 0.277. The van der Waals surface area contributed by atoms with Crippen LogP contribution in [0.4, 0.5) is 0 Å². The molecular weight excluding hydrogens is 290 g/mol. The first-order valence-electron chi connectivity index (χ1n) is 5.19. The molecule has 0 aromatic carbocycles. The Hall–Kier alpha value is -1.30. The van der Waals surface area contributed by atoms with Gasteiger partial charge in [-0.05, 0) is 40.9 Å². The van der Waals surface area contributed by atoms with Crippen molar-refractivity contribution in [1.29, 1.82) is 0 Å². The number of hydrogen-bond acceptors (Lipinski definition) is 3. The first-order chi connectivity index (χ1) is 7.95. The van der Waals surface area contributed by atoms with Gasteiger partial charge in [-0.2, -0.15) is 0 Å². The van der Waals surface area contributed by atoms with Crippen LogP contribution in [0, 0.1) is 5.41 Å². The Balaban J connectivity index is 2.03. The van der Waals surface area contributed by atoms with E-state index in [1.165, 1.54) is 4.90 Å². The number of carboxylic acids is 1. The Bertz CT molecular complexity index is 464. The summed E-state index contributed by atoms with van der Waals surface area (Å²) in [5.74, 6) is -0.763. The van der Waals surface area contributed by atoms with Crippen molar-refractivity contribution >= 4 is 27.8 Å². The maximum Gasteiger partial charge on any atom is 0.319 e. The molecule has 5 nitrogen and oxygen atoms in total. The summed E-state index contributed by atoms with van der Waals surface area (Å²) < 4.78 is 5.86. The highest BCUT2D eigenvalue weighted by Crippen LogP contribution is 2.47. The molecule has 17 heavy (non-hydrogen) atoms. The number of aliphatic carboxylic acids is 1. The van der Waals surface area contributed by atoms with Crippen LogP contribution in [0.15, 0.2) is 21.2 Å². The number of carbonyl (C=O) groups excluding carboxylic acids is 1. The Kier molecular flexibility index (Phi) is 2.99. The summed E-state index contributed by atoms with van der Waals surface area (Å²) in [4.78, 5) is 24.4. The van der Waals surface area contributed by atoms with E-state index >= 15 is 0 Å². The molecule has 0 radical (unpaired) electrons. The number of halogens is 1. The quantitative estimate of drug-likeness (QED) is 0.862. The van der Waals surface area contributed by atoms with E-state index in [0.29, 0.717) is 23.3 Å². The summed E-state index contributed by atoms with van der Waals surface area (Å²) in [6.45, 7) is 0.277. The number of rotatable bonds is 4. The lowest BCUT2D eigenvalue weighted by Gasteiger charge is -2.19. The highest BCUT2D eigenvalue weighted by Gasteiger charge is 2.58. The van der Waals surface area contributed by atoms with Gasteiger partial charge in [0.2, 0.25) is 5.91 Å². The van der Waals surface area contributed by atoms with Gasteiger partial charge in [0, 0.05) is 7.05 Å². The number of furan rings is 1. The molecule has 1 fully saturated rings. The Morgan fingerprint density at radius 1 is 1.53 bits per heavy atom. The molecule has 0 saturated heterocycles. The van der Waals surface area contributed by atoms with E-state index < -0.39 is 11.4 Å². The molecule has 0 bridgehead atoms. The van der Waals surface area contributed by atoms with Gasteiger partial charge < -0.3 is 14.4 Å². The second-order valence-electron chi connectivity index (χ2n) is 4.25. The number of nitrogens with zero attached hydrogens (tertiary/aromatic N) is 1. The predicted molar refractivity (Wildman–Crippen MR) is 62.2 cm³/mol. The number of carbonyl (C=O) groups is 2. The van der Waals surface area contributed by atoms with Crippen LogP contribution in [0.2, 0.25) is 0 Å². The lowest BCUT2D eigenvalue weighted by Crippen LogP contribution is -2.38. The zero-order valence-corrected chi connectivity index (χ0v) is 10.9. The van der Waals surface area contributed by atoms with Gasteiger partial charge in [-0.3, -0.25) is 9.59 Å². The van der Waals surface area contributed by atoms with Gasteiger partial charge in [-0.15, -0.1) is 0 Å². The molecular formula is C11H12BrNO4. The van der Waals surface area contributed by atoms with Crippen LogP contribution >= 0.6 is 15.9 Å². The minimum atomic E-state index is -1.18. The second-order valence-corrected chi connectivity index (χ2v) is 5.04. The van der Waals surface area contributed by atoms with Crippen molar-refractivity contribution < 1.29 is 19.1 Å². The van der Waals surface area contributed by atoms with Gasteiger partial charge in [0.05, 0.1) is 6.54 Å². The Morgan fingerprint density at radius 2 is 2.18 bits per heavy atom. The van der Waals surface area contributed by atoms with Crippen molar-refractivity contribution in [3.63, 3.8) is 0 Å². The minimum Gasteiger partial charge on any atom is -0.480 e. The molecule has 1 aromatic rings. The van der Waals surface area contributed by atoms with Crippen LogP contribution < -0.4 is 0 Å². The molecule has 1 N–H and O–H groups in total. The van der Waals surface area contributed by atoms with Crippen LogP contribution in [-0.2, 0) is 16.1 Å². The average Bonchev–Trinajstić information content (AvgIpc) is 2.98. The standard InChI is InChI=1S/C11H12BrNO4/c1-13(6-7-2-3-8(12)17-7)9(14)11(4-5-11)10(15)16/h2-3H,4-6H2,1H3,(H,15,16). The van der Waals surface area contributed by atoms with E-state index in [-0.39, 0.29) is 12.5 Å². The van der Waals surface area contributed by atoms with Gasteiger partial charge in [0.1, 0.15) is 11.2 Å². The van der Waals surface area contributed by atoms with E-state index in [1.807, 2.05) is 0 Å². The normalized spacial score (nSPS) is 16.6. The summed E-state index contributed by atoms with van der Waals surface area (Å²) in [5.41, 5.74) is -1.18. The SMILES string of the molecule is CN(Cc1ccc(Br)o1)C(=O)C1(C(=O)O)CC1. The fourth-order valence-corrected chi connectivity index (χ4v) is 2.09. The first-order valence-corrected chi connectivity index (χ1v) is 5.98. The Morgan fingerprint density at radius 3 is 2.59 bits per heavy atom. The number of hydrogen-bond donors (Lipinski definition) is 1. The largest absolute Gasteiger partial charge is 0.480 e. The fraction of sp³-hybridized carbons (Fsp3) is 0.455. The van der Waals surface area contributed by atoms with Crippen molar-refractivity contribution in [1.82, 2.24) is 4.90 Å². The summed E-state index contributed by atoms with van der Waals surface area (Å²) in [7, 11) is 1.59. The molecule has 0 spiro atoms. The van der Waals surface area contributed by atoms with Crippen LogP contribution in [0.25, 0.3) is 0 Å². The maximum atomic E-state index is 12.0. The second kappa shape index (κ2) is 4.18. The van der Waals surface area contributed by atoms with Gasteiger partial charge in [0.15, 0.2) is 4.67 Å². The third kappa shape index (κ3) is 2.22. The third-order valence-electron chi connectivity index (χ3n) is 2.94. The zero-order valence-electron chi connectivity index (χ0n) is 9.27. The van der Waals surface area contributed by atoms with E-state index in [2.05, 4.69) is 15.9 Å². The maximum absolute atomic E-state index is 12.0. The molecule has 1 aromatic heterocycles. The van der Waals surface area contributed by atoms with Crippen molar-refractivity contribution in [2.45, 2.75) is 19.4 Å². The number of amides is 1. The van der Waals surface area contributed by atoms with E-state index in [9.17, 15) is 9.59 Å². The summed E-state index contributed by atoms with van der Waals surface area (Å²) >= 11 is 3.17. The van der Waals surface area contributed by atoms with Gasteiger partial charge in [-0.25, -0.2) is 0 Å². The molecule has 0 unspecified atom stereocenters. The van der Waals surface area contributed by atoms with Crippen LogP contribution in [0.3, 0.4) is 0 Å². The molecule has 1 aliphatic carbocycles. The molecule has 1 aliphatic rings. The lowest BCUT2D eigenvalue weighted by molar-refractivity contribution is -0.153. The highest BCUT2D eigenvalue weighted by molar-refractivity contribution is 9.10. The van der Waals surface area contributed by atoms with Gasteiger partial charge >= 0.3 is 5.97 Å². The average molecular weight is 302 g/mol. The lowest BCUT2D eigenvalue weighted by atomic mass is 10.1. The molecule has 1 heterocycles. The summed E-state index contributed by atoms with van der Waals surface area (Å²) in [5, 5.41) is 9.01. The molecule has 1 saturated carbocycles. The number of carboxylic acid groups (broad SMARTS) is 1. The topological polar surface area (TPSA) is 70.8 Å². The van der Waals surface area contributed by atoms with E-state index in [4.69, 9.17) is 9.52 Å². The summed E-state index contributed by atoms with van der Waals surface area (Å²) in [6.07, 6.45) is 0.848. The summed E-state index contributed by atoms with van der Waals surface area (Å²) in [6, 6.07) is 3.48. The van der Waals surface area contributed by atoms with Crippen molar-refractivity contribution in [2.75, 3.05) is 7.05 Å². The first kappa shape index (κ1) is 12.2. The molecule has 6 heteroatoms. The van der Waals surface area contributed by atoms with Crippen LogP contribution in [0.5, 0.6) is 0 Å².